The second-order valence-corrected chi connectivity index (χ2v) is 6.56. The van der Waals surface area contributed by atoms with Gasteiger partial charge in [-0.25, -0.2) is 4.68 Å². The Labute approximate surface area is 146 Å². The van der Waals surface area contributed by atoms with E-state index in [2.05, 4.69) is 29.5 Å². The maximum absolute atomic E-state index is 12.4. The van der Waals surface area contributed by atoms with Crippen LogP contribution in [-0.2, 0) is 0 Å². The lowest BCUT2D eigenvalue weighted by molar-refractivity contribution is -0.384. The fourth-order valence-corrected chi connectivity index (χ4v) is 2.47. The molecule has 0 aliphatic carbocycles. The maximum Gasteiger partial charge on any atom is 0.273 e. The normalized spacial score (nSPS) is 12.2. The lowest BCUT2D eigenvalue weighted by atomic mass is 10.0. The molecule has 0 fully saturated rings. The number of aromatic nitrogens is 3. The molecule has 0 saturated carbocycles. The van der Waals surface area contributed by atoms with Crippen molar-refractivity contribution in [1.29, 1.82) is 0 Å². The van der Waals surface area contributed by atoms with E-state index in [1.54, 1.807) is 19.1 Å². The fourth-order valence-electron chi connectivity index (χ4n) is 2.47. The zero-order valence-electron chi connectivity index (χ0n) is 14.9. The molecular weight excluding hydrogens is 322 g/mol. The minimum atomic E-state index is -0.472. The summed E-state index contributed by atoms with van der Waals surface area (Å²) >= 11 is 0. The molecule has 1 atom stereocenters. The number of hydrogen-bond acceptors (Lipinski definition) is 5. The van der Waals surface area contributed by atoms with E-state index in [4.69, 9.17) is 0 Å². The molecule has 134 valence electrons. The average molecular weight is 345 g/mol. The molecule has 2 rings (SSSR count). The average Bonchev–Trinajstić information content (AvgIpc) is 2.94. The van der Waals surface area contributed by atoms with Gasteiger partial charge in [-0.15, -0.1) is 5.10 Å². The largest absolute Gasteiger partial charge is 0.348 e. The van der Waals surface area contributed by atoms with E-state index in [-0.39, 0.29) is 23.3 Å². The van der Waals surface area contributed by atoms with Crippen molar-refractivity contribution in [2.75, 3.05) is 0 Å². The summed E-state index contributed by atoms with van der Waals surface area (Å²) in [4.78, 5) is 22.8. The molecule has 0 radical (unpaired) electrons. The molecule has 1 heterocycles. The summed E-state index contributed by atoms with van der Waals surface area (Å²) in [6, 6.07) is 6.09. The zero-order chi connectivity index (χ0) is 18.6. The van der Waals surface area contributed by atoms with Crippen LogP contribution in [0, 0.1) is 23.0 Å². The van der Waals surface area contributed by atoms with Gasteiger partial charge in [0.25, 0.3) is 11.6 Å². The molecule has 0 aliphatic rings. The maximum atomic E-state index is 12.4. The summed E-state index contributed by atoms with van der Waals surface area (Å²) in [5.74, 6) is 0.293. The molecule has 2 aromatic rings. The molecule has 1 unspecified atom stereocenters. The lowest BCUT2D eigenvalue weighted by Crippen LogP contribution is -2.33. The molecule has 0 bridgehead atoms. The highest BCUT2D eigenvalue weighted by atomic mass is 16.6. The van der Waals surface area contributed by atoms with Crippen molar-refractivity contribution in [3.05, 3.63) is 45.8 Å². The third-order valence-corrected chi connectivity index (χ3v) is 3.95. The van der Waals surface area contributed by atoms with Gasteiger partial charge in [-0.05, 0) is 38.7 Å². The van der Waals surface area contributed by atoms with Crippen LogP contribution in [-0.4, -0.2) is 31.9 Å². The predicted octanol–water partition coefficient (Wildman–Crippen LogP) is 3.04. The van der Waals surface area contributed by atoms with E-state index in [9.17, 15) is 14.9 Å². The summed E-state index contributed by atoms with van der Waals surface area (Å²) in [5.41, 5.74) is 1.21. The van der Waals surface area contributed by atoms with Gasteiger partial charge in [0.15, 0.2) is 5.69 Å². The van der Waals surface area contributed by atoms with Gasteiger partial charge >= 0.3 is 0 Å². The number of nitrogens with zero attached hydrogens (tertiary/aromatic N) is 4. The zero-order valence-corrected chi connectivity index (χ0v) is 14.9. The third-order valence-electron chi connectivity index (χ3n) is 3.95. The van der Waals surface area contributed by atoms with Gasteiger partial charge in [-0.1, -0.05) is 25.1 Å². The Hall–Kier alpha value is -2.77. The van der Waals surface area contributed by atoms with Gasteiger partial charge in [0, 0.05) is 18.2 Å². The van der Waals surface area contributed by atoms with Gasteiger partial charge in [0.2, 0.25) is 0 Å². The monoisotopic (exact) mass is 345 g/mol. The first-order valence-electron chi connectivity index (χ1n) is 8.27. The first kappa shape index (κ1) is 18.6. The number of benzene rings is 1. The summed E-state index contributed by atoms with van der Waals surface area (Å²) in [6.07, 6.45) is 1.92. The van der Waals surface area contributed by atoms with E-state index >= 15 is 0 Å². The van der Waals surface area contributed by atoms with Crippen LogP contribution in [0.1, 0.15) is 49.8 Å². The first-order chi connectivity index (χ1) is 11.8. The predicted molar refractivity (Wildman–Crippen MR) is 93.8 cm³/mol. The summed E-state index contributed by atoms with van der Waals surface area (Å²) < 4.78 is 1.43. The number of amides is 1. The van der Waals surface area contributed by atoms with E-state index in [1.807, 2.05) is 6.92 Å². The van der Waals surface area contributed by atoms with E-state index < -0.39 is 4.92 Å². The van der Waals surface area contributed by atoms with Gasteiger partial charge in [0.1, 0.15) is 0 Å². The first-order valence-corrected chi connectivity index (χ1v) is 8.27. The van der Waals surface area contributed by atoms with Crippen molar-refractivity contribution in [1.82, 2.24) is 20.3 Å². The van der Waals surface area contributed by atoms with Gasteiger partial charge in [-0.2, -0.15) is 0 Å². The van der Waals surface area contributed by atoms with Crippen molar-refractivity contribution >= 4 is 11.6 Å². The number of carbonyl (C=O) groups is 1. The molecule has 0 saturated heterocycles. The van der Waals surface area contributed by atoms with Crippen LogP contribution in [0.25, 0.3) is 5.69 Å². The molecule has 1 aromatic carbocycles. The topological polar surface area (TPSA) is 103 Å². The number of non-ortho nitro benzene ring substituents is 1. The van der Waals surface area contributed by atoms with Crippen LogP contribution in [0.4, 0.5) is 5.69 Å². The van der Waals surface area contributed by atoms with Crippen molar-refractivity contribution in [3.8, 4) is 5.69 Å². The smallest absolute Gasteiger partial charge is 0.273 e. The van der Waals surface area contributed by atoms with Gasteiger partial charge in [-0.3, -0.25) is 14.9 Å². The van der Waals surface area contributed by atoms with Crippen molar-refractivity contribution in [2.24, 2.45) is 5.92 Å². The van der Waals surface area contributed by atoms with Crippen molar-refractivity contribution in [3.63, 3.8) is 0 Å². The van der Waals surface area contributed by atoms with Gasteiger partial charge in [0.05, 0.1) is 16.3 Å². The Morgan fingerprint density at radius 1 is 1.32 bits per heavy atom. The Balaban J connectivity index is 2.16. The fraction of sp³-hybridized carbons (Fsp3) is 0.471. The number of nitrogens with one attached hydrogen (secondary N) is 1. The van der Waals surface area contributed by atoms with Crippen LogP contribution in [0.5, 0.6) is 0 Å². The molecule has 1 aromatic heterocycles. The van der Waals surface area contributed by atoms with Gasteiger partial charge < -0.3 is 5.32 Å². The third kappa shape index (κ3) is 4.62. The molecule has 8 nitrogen and oxygen atoms in total. The molecule has 25 heavy (non-hydrogen) atoms. The number of hydrogen-bond donors (Lipinski definition) is 1. The Morgan fingerprint density at radius 2 is 2.04 bits per heavy atom. The highest BCUT2D eigenvalue weighted by Gasteiger charge is 2.19. The van der Waals surface area contributed by atoms with E-state index in [1.165, 1.54) is 16.8 Å². The Morgan fingerprint density at radius 3 is 2.68 bits per heavy atom. The van der Waals surface area contributed by atoms with E-state index in [0.717, 1.165) is 12.8 Å². The second kappa shape index (κ2) is 7.87. The highest BCUT2D eigenvalue weighted by Crippen LogP contribution is 2.18. The van der Waals surface area contributed by atoms with Crippen molar-refractivity contribution < 1.29 is 9.72 Å². The summed E-state index contributed by atoms with van der Waals surface area (Å²) in [7, 11) is 0. The quantitative estimate of drug-likeness (QED) is 0.613. The van der Waals surface area contributed by atoms with Crippen LogP contribution in [0.15, 0.2) is 24.3 Å². The minimum Gasteiger partial charge on any atom is -0.348 e. The number of nitro benzene ring substituents is 1. The Bertz CT molecular complexity index is 769. The second-order valence-electron chi connectivity index (χ2n) is 6.56. The summed E-state index contributed by atoms with van der Waals surface area (Å²) in [5, 5.41) is 21.8. The molecule has 1 amide bonds. The lowest BCUT2D eigenvalue weighted by Gasteiger charge is -2.14. The molecule has 1 N–H and O–H groups in total. The van der Waals surface area contributed by atoms with Crippen LogP contribution >= 0.6 is 0 Å². The number of rotatable bonds is 7. The SMILES string of the molecule is Cc1c(C(=O)NC(C)CCC(C)C)nnn1-c1cccc([N+](=O)[O-])c1. The van der Waals surface area contributed by atoms with E-state index in [0.29, 0.717) is 17.3 Å². The molecular formula is C17H23N5O3. The van der Waals surface area contributed by atoms with Crippen LogP contribution in [0.2, 0.25) is 0 Å². The van der Waals surface area contributed by atoms with Crippen LogP contribution in [0.3, 0.4) is 0 Å². The molecule has 0 aliphatic heterocycles. The number of carbonyl (C=O) groups excluding carboxylic acids is 1. The molecule has 8 heteroatoms. The molecule has 0 spiro atoms. The van der Waals surface area contributed by atoms with Crippen LogP contribution < -0.4 is 5.32 Å². The Kier molecular flexibility index (Phi) is 5.84. The van der Waals surface area contributed by atoms with Crippen molar-refractivity contribution in [2.45, 2.75) is 46.6 Å². The summed E-state index contributed by atoms with van der Waals surface area (Å²) in [6.45, 7) is 7.96. The minimum absolute atomic E-state index is 0.0391. The number of nitro groups is 1. The highest BCUT2D eigenvalue weighted by molar-refractivity contribution is 5.93. The standard InChI is InChI=1S/C17H23N5O3/c1-11(2)8-9-12(3)18-17(23)16-13(4)21(20-19-16)14-6-5-7-15(10-14)22(24)25/h5-7,10-12H,8-9H2,1-4H3,(H,18,23).